The lowest BCUT2D eigenvalue weighted by Gasteiger charge is -2.15. The molecule has 1 fully saturated rings. The van der Waals surface area contributed by atoms with Gasteiger partial charge in [0.05, 0.1) is 5.92 Å². The van der Waals surface area contributed by atoms with Crippen molar-refractivity contribution in [1.82, 2.24) is 0 Å². The second-order valence-electron chi connectivity index (χ2n) is 7.02. The Balaban J connectivity index is 1.74. The Bertz CT molecular complexity index is 1320. The summed E-state index contributed by atoms with van der Waals surface area (Å²) in [6, 6.07) is 24.2. The third kappa shape index (κ3) is 2.18. The van der Waals surface area contributed by atoms with Crippen LogP contribution < -0.4 is 0 Å². The molecule has 0 unspecified atom stereocenters. The van der Waals surface area contributed by atoms with Crippen molar-refractivity contribution in [3.8, 4) is 11.8 Å². The summed E-state index contributed by atoms with van der Waals surface area (Å²) in [5.74, 6) is 7.75. The molecule has 1 saturated carbocycles. The van der Waals surface area contributed by atoms with Crippen LogP contribution in [0.2, 0.25) is 0 Å². The second-order valence-corrected chi connectivity index (χ2v) is 7.02. The molecule has 1 aliphatic carbocycles. The molecular formula is C27H15. The molecule has 5 aromatic rings. The van der Waals surface area contributed by atoms with Gasteiger partial charge in [0.15, 0.2) is 0 Å². The van der Waals surface area contributed by atoms with Crippen molar-refractivity contribution in [3.05, 3.63) is 104 Å². The van der Waals surface area contributed by atoms with E-state index in [1.807, 2.05) is 12.8 Å². The van der Waals surface area contributed by atoms with E-state index in [0.717, 1.165) is 11.5 Å². The predicted octanol–water partition coefficient (Wildman–Crippen LogP) is 6.49. The van der Waals surface area contributed by atoms with Crippen molar-refractivity contribution in [2.24, 2.45) is 0 Å². The number of benzene rings is 5. The zero-order valence-corrected chi connectivity index (χ0v) is 14.7. The summed E-state index contributed by atoms with van der Waals surface area (Å²) >= 11 is 0. The van der Waals surface area contributed by atoms with Crippen molar-refractivity contribution in [2.45, 2.75) is 0 Å². The van der Waals surface area contributed by atoms with Crippen LogP contribution in [0.25, 0.3) is 43.1 Å². The normalized spacial score (nSPS) is 15.1. The summed E-state index contributed by atoms with van der Waals surface area (Å²) < 4.78 is 0. The first-order valence-corrected chi connectivity index (χ1v) is 9.22. The molecular weight excluding hydrogens is 324 g/mol. The highest BCUT2D eigenvalue weighted by Crippen LogP contribution is 2.40. The van der Waals surface area contributed by atoms with Gasteiger partial charge in [-0.15, -0.1) is 0 Å². The van der Waals surface area contributed by atoms with Gasteiger partial charge < -0.3 is 0 Å². The Labute approximate surface area is 159 Å². The van der Waals surface area contributed by atoms with Crippen LogP contribution in [0.3, 0.4) is 0 Å². The van der Waals surface area contributed by atoms with Gasteiger partial charge in [-0.1, -0.05) is 72.5 Å². The molecule has 27 heavy (non-hydrogen) atoms. The molecule has 0 N–H and O–H groups in total. The van der Waals surface area contributed by atoms with Gasteiger partial charge in [0.1, 0.15) is 0 Å². The quantitative estimate of drug-likeness (QED) is 0.172. The molecule has 0 heterocycles. The third-order valence-electron chi connectivity index (χ3n) is 5.53. The van der Waals surface area contributed by atoms with Crippen LogP contribution in [0, 0.1) is 43.4 Å². The molecule has 5 radical (unpaired) electrons. The first-order valence-electron chi connectivity index (χ1n) is 9.22. The fourth-order valence-corrected chi connectivity index (χ4v) is 4.35. The van der Waals surface area contributed by atoms with E-state index in [1.54, 1.807) is 0 Å². The molecule has 5 aromatic carbocycles. The van der Waals surface area contributed by atoms with Crippen LogP contribution >= 0.6 is 0 Å². The Morgan fingerprint density at radius 2 is 1.07 bits per heavy atom. The highest BCUT2D eigenvalue weighted by Gasteiger charge is 2.15. The van der Waals surface area contributed by atoms with Gasteiger partial charge in [-0.05, 0) is 74.8 Å². The first kappa shape index (κ1) is 15.1. The van der Waals surface area contributed by atoms with Gasteiger partial charge in [-0.25, -0.2) is 0 Å². The third-order valence-corrected chi connectivity index (χ3v) is 5.53. The molecule has 123 valence electrons. The van der Waals surface area contributed by atoms with Gasteiger partial charge >= 0.3 is 0 Å². The fourth-order valence-electron chi connectivity index (χ4n) is 4.35. The molecule has 0 spiro atoms. The predicted molar refractivity (Wildman–Crippen MR) is 115 cm³/mol. The van der Waals surface area contributed by atoms with Crippen molar-refractivity contribution in [2.75, 3.05) is 0 Å². The molecule has 0 saturated heterocycles. The van der Waals surface area contributed by atoms with Crippen LogP contribution in [-0.2, 0) is 0 Å². The Kier molecular flexibility index (Phi) is 3.20. The largest absolute Gasteiger partial charge is 0.0888 e. The Morgan fingerprint density at radius 1 is 0.481 bits per heavy atom. The minimum atomic E-state index is 1.06. The SMILES string of the molecule is C(#Cc1ccc2c3cccc4cccc(c5cccc1c52)c43)[C]1[CH][CH][CH][CH]1. The van der Waals surface area contributed by atoms with Crippen LogP contribution in [0.5, 0.6) is 0 Å². The standard InChI is InChI=1S/C27H15/c1-2-7-18(6-1)14-15-19-16-17-25-23-12-4-9-20-8-3-11-22(26(20)23)24-13-5-10-21(19)27(24)25/h1-13,16-17H. The number of rotatable bonds is 0. The van der Waals surface area contributed by atoms with E-state index in [0.29, 0.717) is 0 Å². The minimum Gasteiger partial charge on any atom is -0.0888 e. The summed E-state index contributed by atoms with van der Waals surface area (Å²) in [5.41, 5.74) is 1.09. The van der Waals surface area contributed by atoms with Crippen LogP contribution in [0.1, 0.15) is 5.56 Å². The van der Waals surface area contributed by atoms with E-state index in [2.05, 4.69) is 91.4 Å². The van der Waals surface area contributed by atoms with Gasteiger partial charge in [-0.3, -0.25) is 0 Å². The lowest BCUT2D eigenvalue weighted by molar-refractivity contribution is 1.43. The molecule has 0 nitrogen and oxygen atoms in total. The highest BCUT2D eigenvalue weighted by atomic mass is 14.2. The number of hydrogen-bond acceptors (Lipinski definition) is 0. The lowest BCUT2D eigenvalue weighted by Crippen LogP contribution is -1.90. The molecule has 0 atom stereocenters. The van der Waals surface area contributed by atoms with Crippen molar-refractivity contribution >= 4 is 43.1 Å². The van der Waals surface area contributed by atoms with Crippen LogP contribution in [0.4, 0.5) is 0 Å². The van der Waals surface area contributed by atoms with Gasteiger partial charge in [0, 0.05) is 5.56 Å². The summed E-state index contributed by atoms with van der Waals surface area (Å²) in [6.07, 6.45) is 8.16. The first-order chi connectivity index (χ1) is 13.4. The molecule has 1 aliphatic rings. The maximum atomic E-state index is 3.39. The summed E-state index contributed by atoms with van der Waals surface area (Å²) in [6.45, 7) is 0. The van der Waals surface area contributed by atoms with Crippen molar-refractivity contribution < 1.29 is 0 Å². The molecule has 0 aromatic heterocycles. The van der Waals surface area contributed by atoms with Crippen molar-refractivity contribution in [1.29, 1.82) is 0 Å². The Hall–Kier alpha value is -3.04. The van der Waals surface area contributed by atoms with E-state index in [-0.39, 0.29) is 0 Å². The second kappa shape index (κ2) is 5.73. The van der Waals surface area contributed by atoms with E-state index in [1.165, 1.54) is 43.1 Å². The molecule has 0 aliphatic heterocycles. The summed E-state index contributed by atoms with van der Waals surface area (Å²) in [5, 5.41) is 10.5. The number of hydrogen-bond donors (Lipinski definition) is 0. The smallest absolute Gasteiger partial charge is 0.0558 e. The van der Waals surface area contributed by atoms with Gasteiger partial charge in [-0.2, -0.15) is 0 Å². The number of fused-ring (bicyclic) bond motifs is 2. The zero-order valence-electron chi connectivity index (χ0n) is 14.7. The highest BCUT2D eigenvalue weighted by molar-refractivity contribution is 6.33. The summed E-state index contributed by atoms with van der Waals surface area (Å²) in [7, 11) is 0. The lowest BCUT2D eigenvalue weighted by atomic mass is 9.88. The average Bonchev–Trinajstić information content (AvgIpc) is 3.24. The van der Waals surface area contributed by atoms with E-state index in [4.69, 9.17) is 0 Å². The van der Waals surface area contributed by atoms with E-state index in [9.17, 15) is 0 Å². The summed E-state index contributed by atoms with van der Waals surface area (Å²) in [4.78, 5) is 0. The minimum absolute atomic E-state index is 1.06. The average molecular weight is 339 g/mol. The fraction of sp³-hybridized carbons (Fsp3) is 0. The molecule has 6 rings (SSSR count). The molecule has 0 heteroatoms. The van der Waals surface area contributed by atoms with Crippen molar-refractivity contribution in [3.63, 3.8) is 0 Å². The molecule has 0 amide bonds. The van der Waals surface area contributed by atoms with E-state index >= 15 is 0 Å². The van der Waals surface area contributed by atoms with E-state index < -0.39 is 0 Å². The monoisotopic (exact) mass is 339 g/mol. The van der Waals surface area contributed by atoms with Gasteiger partial charge in [0.25, 0.3) is 0 Å². The molecule has 0 bridgehead atoms. The van der Waals surface area contributed by atoms with Gasteiger partial charge in [0.2, 0.25) is 0 Å². The topological polar surface area (TPSA) is 0 Å². The Morgan fingerprint density at radius 3 is 1.81 bits per heavy atom. The maximum absolute atomic E-state index is 3.39. The van der Waals surface area contributed by atoms with Crippen LogP contribution in [-0.4, -0.2) is 0 Å². The maximum Gasteiger partial charge on any atom is 0.0558 e. The zero-order chi connectivity index (χ0) is 17.8. The van der Waals surface area contributed by atoms with Crippen LogP contribution in [0.15, 0.2) is 66.7 Å².